The van der Waals surface area contributed by atoms with Gasteiger partial charge in [0.2, 0.25) is 11.8 Å². The highest BCUT2D eigenvalue weighted by Crippen LogP contribution is 2.37. The molecule has 120 valence electrons. The van der Waals surface area contributed by atoms with E-state index in [1.165, 1.54) is 11.3 Å². The summed E-state index contributed by atoms with van der Waals surface area (Å²) in [5, 5.41) is 5.36. The van der Waals surface area contributed by atoms with Gasteiger partial charge in [0.15, 0.2) is 5.13 Å². The lowest BCUT2D eigenvalue weighted by Gasteiger charge is -2.24. The Labute approximate surface area is 138 Å². The fourth-order valence-electron chi connectivity index (χ4n) is 2.84. The Hall–Kier alpha value is -2.28. The van der Waals surface area contributed by atoms with Gasteiger partial charge in [-0.05, 0) is 18.1 Å². The second kappa shape index (κ2) is 6.45. The summed E-state index contributed by atoms with van der Waals surface area (Å²) in [5.74, 6) is -0.647. The van der Waals surface area contributed by atoms with Gasteiger partial charge in [-0.15, -0.1) is 11.3 Å². The van der Waals surface area contributed by atoms with Crippen molar-refractivity contribution >= 4 is 28.3 Å². The molecule has 2 aromatic heterocycles. The number of nitrogens with zero attached hydrogens (tertiary/aromatic N) is 3. The molecule has 1 N–H and O–H groups in total. The van der Waals surface area contributed by atoms with Crippen LogP contribution in [0.15, 0.2) is 29.9 Å². The maximum Gasteiger partial charge on any atom is 0.232 e. The van der Waals surface area contributed by atoms with E-state index < -0.39 is 5.92 Å². The Morgan fingerprint density at radius 1 is 1.52 bits per heavy atom. The summed E-state index contributed by atoms with van der Waals surface area (Å²) in [4.78, 5) is 34.8. The van der Waals surface area contributed by atoms with Crippen LogP contribution in [0.4, 0.5) is 5.13 Å². The van der Waals surface area contributed by atoms with Gasteiger partial charge < -0.3 is 10.2 Å². The third-order valence-electron chi connectivity index (χ3n) is 4.09. The van der Waals surface area contributed by atoms with Crippen LogP contribution >= 0.6 is 11.3 Å². The van der Waals surface area contributed by atoms with E-state index >= 15 is 0 Å². The van der Waals surface area contributed by atoms with Gasteiger partial charge in [-0.3, -0.25) is 14.6 Å². The molecule has 2 aromatic rings. The van der Waals surface area contributed by atoms with Gasteiger partial charge >= 0.3 is 0 Å². The molecular weight excluding hydrogens is 312 g/mol. The molecule has 1 aliphatic rings. The molecule has 2 amide bonds. The predicted molar refractivity (Wildman–Crippen MR) is 88.0 cm³/mol. The average Bonchev–Trinajstić information content (AvgIpc) is 3.13. The molecule has 2 atom stereocenters. The van der Waals surface area contributed by atoms with Gasteiger partial charge in [0, 0.05) is 31.2 Å². The number of hydrogen-bond acceptors (Lipinski definition) is 5. The van der Waals surface area contributed by atoms with Gasteiger partial charge in [-0.25, -0.2) is 4.98 Å². The third-order valence-corrected chi connectivity index (χ3v) is 4.90. The number of carbonyl (C=O) groups excluding carboxylic acids is 2. The number of aryl methyl sites for hydroxylation is 1. The number of thiazole rings is 1. The van der Waals surface area contributed by atoms with E-state index in [1.807, 2.05) is 24.4 Å². The van der Waals surface area contributed by atoms with Crippen molar-refractivity contribution in [2.75, 3.05) is 12.4 Å². The number of hydrogen-bond donors (Lipinski definition) is 1. The fraction of sp³-hybridized carbons (Fsp3) is 0.375. The largest absolute Gasteiger partial charge is 0.338 e. The third kappa shape index (κ3) is 3.10. The molecule has 1 aliphatic heterocycles. The molecule has 6 nitrogen and oxygen atoms in total. The fourth-order valence-corrected chi connectivity index (χ4v) is 3.63. The Morgan fingerprint density at radius 3 is 3.00 bits per heavy atom. The van der Waals surface area contributed by atoms with Crippen molar-refractivity contribution in [1.29, 1.82) is 0 Å². The first-order chi connectivity index (χ1) is 11.1. The lowest BCUT2D eigenvalue weighted by Crippen LogP contribution is -2.30. The molecule has 3 heterocycles. The van der Waals surface area contributed by atoms with Crippen LogP contribution in [-0.2, 0) is 16.0 Å². The van der Waals surface area contributed by atoms with E-state index in [0.717, 1.165) is 17.7 Å². The van der Waals surface area contributed by atoms with Gasteiger partial charge in [-0.1, -0.05) is 13.0 Å². The van der Waals surface area contributed by atoms with E-state index in [9.17, 15) is 9.59 Å². The zero-order chi connectivity index (χ0) is 16.4. The molecule has 0 spiro atoms. The summed E-state index contributed by atoms with van der Waals surface area (Å²) in [7, 11) is 1.73. The molecule has 3 rings (SSSR count). The molecule has 1 fully saturated rings. The van der Waals surface area contributed by atoms with Crippen molar-refractivity contribution in [3.8, 4) is 0 Å². The van der Waals surface area contributed by atoms with Crippen molar-refractivity contribution < 1.29 is 9.59 Å². The number of amides is 2. The van der Waals surface area contributed by atoms with E-state index in [4.69, 9.17) is 0 Å². The highest BCUT2D eigenvalue weighted by molar-refractivity contribution is 7.13. The molecule has 0 aromatic carbocycles. The Bertz CT molecular complexity index is 716. The number of rotatable bonds is 4. The van der Waals surface area contributed by atoms with Crippen molar-refractivity contribution in [2.45, 2.75) is 25.8 Å². The number of nitrogens with one attached hydrogen (secondary N) is 1. The molecule has 0 bridgehead atoms. The predicted octanol–water partition coefficient (Wildman–Crippen LogP) is 2.26. The number of aromatic nitrogens is 2. The summed E-state index contributed by atoms with van der Waals surface area (Å²) in [6.07, 6.45) is 4.42. The summed E-state index contributed by atoms with van der Waals surface area (Å²) in [6, 6.07) is 3.42. The minimum atomic E-state index is -0.439. The van der Waals surface area contributed by atoms with Gasteiger partial charge in [0.25, 0.3) is 0 Å². The van der Waals surface area contributed by atoms with Gasteiger partial charge in [0.1, 0.15) is 0 Å². The quantitative estimate of drug-likeness (QED) is 0.933. The Balaban J connectivity index is 1.81. The van der Waals surface area contributed by atoms with E-state index in [0.29, 0.717) is 5.13 Å². The smallest absolute Gasteiger partial charge is 0.232 e. The Kier molecular flexibility index (Phi) is 4.38. The number of carbonyl (C=O) groups is 2. The molecule has 0 radical (unpaired) electrons. The average molecular weight is 330 g/mol. The topological polar surface area (TPSA) is 75.2 Å². The first-order valence-electron chi connectivity index (χ1n) is 7.51. The molecule has 7 heteroatoms. The van der Waals surface area contributed by atoms with Gasteiger partial charge in [-0.2, -0.15) is 0 Å². The Morgan fingerprint density at radius 2 is 2.35 bits per heavy atom. The SMILES string of the molecule is CCc1csc(NC(=O)[C@H]2CC(=O)N(C)[C@@H]2c2cccnc2)n1. The summed E-state index contributed by atoms with van der Waals surface area (Å²) in [5.41, 5.74) is 1.82. The molecule has 23 heavy (non-hydrogen) atoms. The highest BCUT2D eigenvalue weighted by Gasteiger charge is 2.42. The molecular formula is C16H18N4O2S. The zero-order valence-corrected chi connectivity index (χ0v) is 13.8. The molecule has 0 unspecified atom stereocenters. The maximum atomic E-state index is 12.6. The highest BCUT2D eigenvalue weighted by atomic mass is 32.1. The van der Waals surface area contributed by atoms with Crippen molar-refractivity contribution in [3.63, 3.8) is 0 Å². The minimum absolute atomic E-state index is 0.0348. The van der Waals surface area contributed by atoms with Crippen LogP contribution < -0.4 is 5.32 Å². The lowest BCUT2D eigenvalue weighted by atomic mass is 9.94. The molecule has 0 saturated carbocycles. The summed E-state index contributed by atoms with van der Waals surface area (Å²) < 4.78 is 0. The van der Waals surface area contributed by atoms with E-state index in [2.05, 4.69) is 15.3 Å². The standard InChI is InChI=1S/C16H18N4O2S/c1-3-11-9-23-16(18-11)19-15(22)12-7-13(21)20(2)14(12)10-5-4-6-17-8-10/h4-6,8-9,12,14H,3,7H2,1-2H3,(H,18,19,22)/t12-,14+/m0/s1. The lowest BCUT2D eigenvalue weighted by molar-refractivity contribution is -0.127. The molecule has 0 aliphatic carbocycles. The van der Waals surface area contributed by atoms with Gasteiger partial charge in [0.05, 0.1) is 17.7 Å². The number of likely N-dealkylation sites (tertiary alicyclic amines) is 1. The van der Waals surface area contributed by atoms with E-state index in [-0.39, 0.29) is 24.3 Å². The van der Waals surface area contributed by atoms with Crippen molar-refractivity contribution in [3.05, 3.63) is 41.2 Å². The summed E-state index contributed by atoms with van der Waals surface area (Å²) >= 11 is 1.41. The number of pyridine rings is 1. The van der Waals surface area contributed by atoms with Crippen molar-refractivity contribution in [2.24, 2.45) is 5.92 Å². The first-order valence-corrected chi connectivity index (χ1v) is 8.39. The molecule has 1 saturated heterocycles. The number of anilines is 1. The van der Waals surface area contributed by atoms with Crippen LogP contribution in [0.25, 0.3) is 0 Å². The zero-order valence-electron chi connectivity index (χ0n) is 13.0. The van der Waals surface area contributed by atoms with Crippen molar-refractivity contribution in [1.82, 2.24) is 14.9 Å². The van der Waals surface area contributed by atoms with Crippen LogP contribution in [0.3, 0.4) is 0 Å². The minimum Gasteiger partial charge on any atom is -0.338 e. The maximum absolute atomic E-state index is 12.6. The van der Waals surface area contributed by atoms with Crippen LogP contribution in [0.5, 0.6) is 0 Å². The summed E-state index contributed by atoms with van der Waals surface area (Å²) in [6.45, 7) is 2.02. The normalized spacial score (nSPS) is 20.8. The van der Waals surface area contributed by atoms with Crippen LogP contribution in [-0.4, -0.2) is 33.7 Å². The van der Waals surface area contributed by atoms with Crippen LogP contribution in [0.2, 0.25) is 0 Å². The second-order valence-electron chi connectivity index (χ2n) is 5.53. The van der Waals surface area contributed by atoms with E-state index in [1.54, 1.807) is 24.3 Å². The second-order valence-corrected chi connectivity index (χ2v) is 6.39. The van der Waals surface area contributed by atoms with Crippen LogP contribution in [0.1, 0.15) is 30.6 Å². The first kappa shape index (κ1) is 15.6. The monoisotopic (exact) mass is 330 g/mol. The van der Waals surface area contributed by atoms with Crippen LogP contribution in [0, 0.1) is 5.92 Å².